The molecule has 0 saturated heterocycles. The highest BCUT2D eigenvalue weighted by Crippen LogP contribution is 2.34. The van der Waals surface area contributed by atoms with Crippen molar-refractivity contribution in [3.63, 3.8) is 0 Å². The molecule has 0 fully saturated rings. The first-order valence-electron chi connectivity index (χ1n) is 4.28. The molecule has 3 heteroatoms. The predicted molar refractivity (Wildman–Crippen MR) is 58.5 cm³/mol. The molecular formula is C11H10O2S. The Kier molecular flexibility index (Phi) is 2.25. The molecule has 2 rings (SSSR count). The second-order valence-corrected chi connectivity index (χ2v) is 4.01. The summed E-state index contributed by atoms with van der Waals surface area (Å²) < 4.78 is 6.30. The number of carbonyl (C=O) groups excluding carboxylic acids is 1. The first-order chi connectivity index (χ1) is 6.77. The normalized spacial score (nSPS) is 10.4. The van der Waals surface area contributed by atoms with Gasteiger partial charge in [0, 0.05) is 10.9 Å². The summed E-state index contributed by atoms with van der Waals surface area (Å²) >= 11 is 1.59. The van der Waals surface area contributed by atoms with E-state index in [-0.39, 0.29) is 0 Å². The summed E-state index contributed by atoms with van der Waals surface area (Å²) in [7, 11) is 1.65. The first kappa shape index (κ1) is 9.21. The topological polar surface area (TPSA) is 26.3 Å². The van der Waals surface area contributed by atoms with Crippen LogP contribution in [-0.2, 0) is 0 Å². The lowest BCUT2D eigenvalue weighted by molar-refractivity contribution is 0.112. The molecule has 1 aromatic heterocycles. The van der Waals surface area contributed by atoms with Crippen LogP contribution in [0.4, 0.5) is 0 Å². The van der Waals surface area contributed by atoms with E-state index in [0.717, 1.165) is 33.2 Å². The Labute approximate surface area is 86.1 Å². The van der Waals surface area contributed by atoms with Gasteiger partial charge in [-0.2, -0.15) is 0 Å². The van der Waals surface area contributed by atoms with Crippen LogP contribution in [0.3, 0.4) is 0 Å². The lowest BCUT2D eigenvalue weighted by Gasteiger charge is -2.06. The minimum absolute atomic E-state index is 0.766. The Balaban J connectivity index is 2.88. The Bertz CT molecular complexity index is 485. The van der Waals surface area contributed by atoms with E-state index < -0.39 is 0 Å². The van der Waals surface area contributed by atoms with Crippen LogP contribution in [0.1, 0.15) is 15.9 Å². The smallest absolute Gasteiger partial charge is 0.150 e. The van der Waals surface area contributed by atoms with Crippen molar-refractivity contribution in [2.24, 2.45) is 0 Å². The molecule has 0 unspecified atom stereocenters. The molecule has 1 aromatic carbocycles. The van der Waals surface area contributed by atoms with Gasteiger partial charge in [0.15, 0.2) is 6.29 Å². The van der Waals surface area contributed by atoms with Gasteiger partial charge in [0.2, 0.25) is 0 Å². The number of carbonyl (C=O) groups is 1. The fraction of sp³-hybridized carbons (Fsp3) is 0.182. The molecule has 0 N–H and O–H groups in total. The molecule has 0 spiro atoms. The van der Waals surface area contributed by atoms with Gasteiger partial charge >= 0.3 is 0 Å². The number of ether oxygens (including phenoxy) is 1. The summed E-state index contributed by atoms with van der Waals surface area (Å²) in [4.78, 5) is 10.9. The van der Waals surface area contributed by atoms with Gasteiger partial charge in [-0.15, -0.1) is 11.3 Å². The molecular weight excluding hydrogens is 196 g/mol. The predicted octanol–water partition coefficient (Wildman–Crippen LogP) is 3.03. The molecule has 2 aromatic rings. The molecule has 0 aliphatic rings. The van der Waals surface area contributed by atoms with Crippen LogP contribution in [0.15, 0.2) is 17.5 Å². The van der Waals surface area contributed by atoms with Crippen LogP contribution in [0, 0.1) is 6.92 Å². The van der Waals surface area contributed by atoms with Gasteiger partial charge in [-0.25, -0.2) is 0 Å². The van der Waals surface area contributed by atoms with E-state index in [0.29, 0.717) is 0 Å². The Morgan fingerprint density at radius 3 is 2.93 bits per heavy atom. The molecule has 1 heterocycles. The molecule has 0 aliphatic heterocycles. The number of methoxy groups -OCH3 is 1. The van der Waals surface area contributed by atoms with Crippen molar-refractivity contribution in [2.75, 3.05) is 7.11 Å². The SMILES string of the molecule is COc1cc(C)c(C=O)c2ccsc12. The maximum absolute atomic E-state index is 10.9. The van der Waals surface area contributed by atoms with Crippen LogP contribution in [-0.4, -0.2) is 13.4 Å². The van der Waals surface area contributed by atoms with E-state index in [4.69, 9.17) is 4.74 Å². The van der Waals surface area contributed by atoms with Crippen molar-refractivity contribution in [1.82, 2.24) is 0 Å². The number of rotatable bonds is 2. The van der Waals surface area contributed by atoms with E-state index >= 15 is 0 Å². The highest BCUT2D eigenvalue weighted by molar-refractivity contribution is 7.17. The average Bonchev–Trinajstić information content (AvgIpc) is 2.65. The van der Waals surface area contributed by atoms with Gasteiger partial charge < -0.3 is 4.74 Å². The summed E-state index contributed by atoms with van der Waals surface area (Å²) in [6, 6.07) is 3.86. The van der Waals surface area contributed by atoms with E-state index in [2.05, 4.69) is 0 Å². The van der Waals surface area contributed by atoms with Crippen LogP contribution in [0.25, 0.3) is 10.1 Å². The number of benzene rings is 1. The van der Waals surface area contributed by atoms with Crippen molar-refractivity contribution in [3.05, 3.63) is 28.6 Å². The van der Waals surface area contributed by atoms with Crippen molar-refractivity contribution >= 4 is 27.7 Å². The minimum Gasteiger partial charge on any atom is -0.495 e. The average molecular weight is 206 g/mol. The third-order valence-electron chi connectivity index (χ3n) is 2.29. The zero-order chi connectivity index (χ0) is 10.1. The summed E-state index contributed by atoms with van der Waals surface area (Å²) in [5.74, 6) is 0.845. The van der Waals surface area contributed by atoms with E-state index in [1.807, 2.05) is 24.4 Å². The number of aldehydes is 1. The van der Waals surface area contributed by atoms with E-state index in [9.17, 15) is 4.79 Å². The number of thiophene rings is 1. The van der Waals surface area contributed by atoms with Crippen LogP contribution in [0.2, 0.25) is 0 Å². The Hall–Kier alpha value is -1.35. The van der Waals surface area contributed by atoms with Gasteiger partial charge in [-0.05, 0) is 30.0 Å². The Morgan fingerprint density at radius 1 is 1.50 bits per heavy atom. The molecule has 0 atom stereocenters. The van der Waals surface area contributed by atoms with E-state index in [1.54, 1.807) is 18.4 Å². The first-order valence-corrected chi connectivity index (χ1v) is 5.16. The number of hydrogen-bond acceptors (Lipinski definition) is 3. The second-order valence-electron chi connectivity index (χ2n) is 3.09. The highest BCUT2D eigenvalue weighted by atomic mass is 32.1. The summed E-state index contributed by atoms with van der Waals surface area (Å²) in [5.41, 5.74) is 1.73. The molecule has 0 saturated carbocycles. The van der Waals surface area contributed by atoms with Crippen LogP contribution in [0.5, 0.6) is 5.75 Å². The third kappa shape index (κ3) is 1.21. The maximum Gasteiger partial charge on any atom is 0.150 e. The molecule has 14 heavy (non-hydrogen) atoms. The van der Waals surface area contributed by atoms with Gasteiger partial charge in [0.05, 0.1) is 11.8 Å². The summed E-state index contributed by atoms with van der Waals surface area (Å²) in [5, 5.41) is 2.96. The van der Waals surface area contributed by atoms with Crippen LogP contribution < -0.4 is 4.74 Å². The number of hydrogen-bond donors (Lipinski definition) is 0. The molecule has 0 radical (unpaired) electrons. The van der Waals surface area contributed by atoms with Crippen molar-refractivity contribution < 1.29 is 9.53 Å². The molecule has 0 amide bonds. The Morgan fingerprint density at radius 2 is 2.29 bits per heavy atom. The molecule has 0 bridgehead atoms. The van der Waals surface area contributed by atoms with Gasteiger partial charge in [-0.3, -0.25) is 4.79 Å². The largest absolute Gasteiger partial charge is 0.495 e. The van der Waals surface area contributed by atoms with Crippen molar-refractivity contribution in [3.8, 4) is 5.75 Å². The standard InChI is InChI=1S/C11H10O2S/c1-7-5-10(13-2)11-8(3-4-14-11)9(7)6-12/h3-6H,1-2H3. The third-order valence-corrected chi connectivity index (χ3v) is 3.22. The lowest BCUT2D eigenvalue weighted by atomic mass is 10.1. The summed E-state index contributed by atoms with van der Waals surface area (Å²) in [6.07, 6.45) is 0.907. The zero-order valence-corrected chi connectivity index (χ0v) is 8.85. The van der Waals surface area contributed by atoms with Crippen molar-refractivity contribution in [2.45, 2.75) is 6.92 Å². The minimum atomic E-state index is 0.766. The highest BCUT2D eigenvalue weighted by Gasteiger charge is 2.10. The van der Waals surface area contributed by atoms with Crippen LogP contribution >= 0.6 is 11.3 Å². The molecule has 0 aliphatic carbocycles. The van der Waals surface area contributed by atoms with Gasteiger partial charge in [0.1, 0.15) is 5.75 Å². The molecule has 2 nitrogen and oxygen atoms in total. The number of fused-ring (bicyclic) bond motifs is 1. The second kappa shape index (κ2) is 3.42. The van der Waals surface area contributed by atoms with Gasteiger partial charge in [-0.1, -0.05) is 0 Å². The monoisotopic (exact) mass is 206 g/mol. The van der Waals surface area contributed by atoms with Crippen molar-refractivity contribution in [1.29, 1.82) is 0 Å². The van der Waals surface area contributed by atoms with Gasteiger partial charge in [0.25, 0.3) is 0 Å². The fourth-order valence-corrected chi connectivity index (χ4v) is 2.48. The molecule has 72 valence electrons. The maximum atomic E-state index is 10.9. The van der Waals surface area contributed by atoms with E-state index in [1.165, 1.54) is 0 Å². The fourth-order valence-electron chi connectivity index (χ4n) is 1.57. The number of aryl methyl sites for hydroxylation is 1. The lowest BCUT2D eigenvalue weighted by Crippen LogP contribution is -1.90. The summed E-state index contributed by atoms with van der Waals surface area (Å²) in [6.45, 7) is 1.92. The zero-order valence-electron chi connectivity index (χ0n) is 8.03. The quantitative estimate of drug-likeness (QED) is 0.706.